The predicted octanol–water partition coefficient (Wildman–Crippen LogP) is 0.957. The highest BCUT2D eigenvalue weighted by Crippen LogP contribution is 2.17. The molecule has 1 unspecified atom stereocenters. The van der Waals surface area contributed by atoms with Gasteiger partial charge in [-0.05, 0) is 31.2 Å². The third-order valence-corrected chi connectivity index (χ3v) is 2.61. The molecule has 0 aliphatic rings. The first-order chi connectivity index (χ1) is 8.31. The van der Waals surface area contributed by atoms with E-state index in [0.29, 0.717) is 0 Å². The van der Waals surface area contributed by atoms with E-state index in [1.165, 1.54) is 0 Å². The van der Waals surface area contributed by atoms with Crippen molar-refractivity contribution in [1.29, 1.82) is 0 Å². The molecule has 2 heterocycles. The second kappa shape index (κ2) is 5.36. The van der Waals surface area contributed by atoms with Gasteiger partial charge >= 0.3 is 0 Å². The lowest BCUT2D eigenvalue weighted by Crippen LogP contribution is -2.21. The smallest absolute Gasteiger partial charge is 0.145 e. The molecule has 1 atom stereocenters. The van der Waals surface area contributed by atoms with Gasteiger partial charge in [0.25, 0.3) is 0 Å². The lowest BCUT2D eigenvalue weighted by molar-refractivity contribution is 0.557. The average Bonchev–Trinajstić information content (AvgIpc) is 2.39. The molecule has 0 fully saturated rings. The molecule has 3 N–H and O–H groups in total. The Labute approximate surface area is 100 Å². The highest BCUT2D eigenvalue weighted by molar-refractivity contribution is 5.44. The van der Waals surface area contributed by atoms with E-state index in [1.807, 2.05) is 7.05 Å². The number of nitrogens with one attached hydrogen (secondary N) is 1. The van der Waals surface area contributed by atoms with E-state index in [4.69, 9.17) is 5.73 Å². The van der Waals surface area contributed by atoms with Gasteiger partial charge in [-0.2, -0.15) is 0 Å². The maximum Gasteiger partial charge on any atom is 0.145 e. The third-order valence-electron chi connectivity index (χ3n) is 2.61. The Morgan fingerprint density at radius 1 is 1.29 bits per heavy atom. The molecule has 2 aromatic heterocycles. The van der Waals surface area contributed by atoms with Crippen molar-refractivity contribution in [2.75, 3.05) is 12.8 Å². The number of hydrogen-bond donors (Lipinski definition) is 2. The summed E-state index contributed by atoms with van der Waals surface area (Å²) in [6.07, 6.45) is 7.66. The molecule has 0 aromatic carbocycles. The van der Waals surface area contributed by atoms with Gasteiger partial charge in [-0.25, -0.2) is 9.97 Å². The summed E-state index contributed by atoms with van der Waals surface area (Å²) in [6.45, 7) is 0. The molecular formula is C12H15N5. The summed E-state index contributed by atoms with van der Waals surface area (Å²) in [6, 6.07) is 3.64. The van der Waals surface area contributed by atoms with Crippen LogP contribution in [0.25, 0.3) is 0 Å². The standard InChI is InChI=1S/C12H15N5/c1-14-11(12-16-4-2-5-17-12)7-9-8-15-6-3-10(9)13/h2-6,8,11,14H,7H2,1H3,(H2,13,15). The summed E-state index contributed by atoms with van der Waals surface area (Å²) in [5, 5.41) is 3.19. The number of hydrogen-bond acceptors (Lipinski definition) is 5. The molecule has 0 spiro atoms. The first-order valence-electron chi connectivity index (χ1n) is 5.44. The lowest BCUT2D eigenvalue weighted by atomic mass is 10.1. The summed E-state index contributed by atoms with van der Waals surface area (Å²) in [5.74, 6) is 0.762. The summed E-state index contributed by atoms with van der Waals surface area (Å²) in [7, 11) is 1.88. The van der Waals surface area contributed by atoms with Crippen molar-refractivity contribution in [3.63, 3.8) is 0 Å². The highest BCUT2D eigenvalue weighted by atomic mass is 15.0. The van der Waals surface area contributed by atoms with E-state index < -0.39 is 0 Å². The topological polar surface area (TPSA) is 76.7 Å². The number of pyridine rings is 1. The highest BCUT2D eigenvalue weighted by Gasteiger charge is 2.13. The van der Waals surface area contributed by atoms with Crippen LogP contribution < -0.4 is 11.1 Å². The van der Waals surface area contributed by atoms with Crippen molar-refractivity contribution in [3.8, 4) is 0 Å². The van der Waals surface area contributed by atoms with Crippen LogP contribution in [0, 0.1) is 0 Å². The van der Waals surface area contributed by atoms with Gasteiger partial charge in [-0.1, -0.05) is 0 Å². The minimum Gasteiger partial charge on any atom is -0.398 e. The summed E-state index contributed by atoms with van der Waals surface area (Å²) >= 11 is 0. The van der Waals surface area contributed by atoms with Gasteiger partial charge in [-0.15, -0.1) is 0 Å². The van der Waals surface area contributed by atoms with Gasteiger partial charge in [0.2, 0.25) is 0 Å². The van der Waals surface area contributed by atoms with E-state index in [9.17, 15) is 0 Å². The van der Waals surface area contributed by atoms with Crippen LogP contribution in [0.2, 0.25) is 0 Å². The van der Waals surface area contributed by atoms with Gasteiger partial charge < -0.3 is 11.1 Å². The Kier molecular flexibility index (Phi) is 3.62. The zero-order chi connectivity index (χ0) is 12.1. The van der Waals surface area contributed by atoms with Gasteiger partial charge in [0, 0.05) is 30.5 Å². The van der Waals surface area contributed by atoms with Crippen LogP contribution in [0.1, 0.15) is 17.4 Å². The van der Waals surface area contributed by atoms with Crippen LogP contribution in [-0.2, 0) is 6.42 Å². The minimum atomic E-state index is 0.0442. The normalized spacial score (nSPS) is 12.3. The maximum absolute atomic E-state index is 5.89. The fraction of sp³-hybridized carbons (Fsp3) is 0.250. The van der Waals surface area contributed by atoms with Crippen LogP contribution in [0.3, 0.4) is 0 Å². The second-order valence-electron chi connectivity index (χ2n) is 3.73. The Bertz CT molecular complexity index is 471. The molecule has 5 nitrogen and oxygen atoms in total. The van der Waals surface area contributed by atoms with Crippen LogP contribution in [0.4, 0.5) is 5.69 Å². The summed E-state index contributed by atoms with van der Waals surface area (Å²) < 4.78 is 0. The summed E-state index contributed by atoms with van der Waals surface area (Å²) in [5.41, 5.74) is 7.64. The molecule has 0 aliphatic carbocycles. The molecule has 2 rings (SSSR count). The monoisotopic (exact) mass is 229 g/mol. The van der Waals surface area contributed by atoms with Crippen molar-refractivity contribution in [2.45, 2.75) is 12.5 Å². The number of aromatic nitrogens is 3. The Hall–Kier alpha value is -2.01. The van der Waals surface area contributed by atoms with Gasteiger partial charge in [0.15, 0.2) is 0 Å². The number of nitrogens with zero attached hydrogens (tertiary/aromatic N) is 3. The average molecular weight is 229 g/mol. The molecule has 17 heavy (non-hydrogen) atoms. The van der Waals surface area contributed by atoms with Crippen LogP contribution in [0.5, 0.6) is 0 Å². The van der Waals surface area contributed by atoms with Crippen molar-refractivity contribution in [1.82, 2.24) is 20.3 Å². The summed E-state index contributed by atoms with van der Waals surface area (Å²) in [4.78, 5) is 12.6. The van der Waals surface area contributed by atoms with Crippen molar-refractivity contribution in [2.24, 2.45) is 0 Å². The van der Waals surface area contributed by atoms with E-state index in [-0.39, 0.29) is 6.04 Å². The zero-order valence-corrected chi connectivity index (χ0v) is 9.67. The van der Waals surface area contributed by atoms with E-state index in [2.05, 4.69) is 20.3 Å². The number of likely N-dealkylation sites (N-methyl/N-ethyl adjacent to an activating group) is 1. The van der Waals surface area contributed by atoms with Gasteiger partial charge in [-0.3, -0.25) is 4.98 Å². The fourth-order valence-electron chi connectivity index (χ4n) is 1.64. The largest absolute Gasteiger partial charge is 0.398 e. The molecular weight excluding hydrogens is 214 g/mol. The molecule has 0 saturated carbocycles. The quantitative estimate of drug-likeness (QED) is 0.816. The molecule has 0 saturated heterocycles. The van der Waals surface area contributed by atoms with Crippen LogP contribution in [-0.4, -0.2) is 22.0 Å². The number of nitrogen functional groups attached to an aromatic ring is 1. The number of anilines is 1. The first kappa shape index (κ1) is 11.5. The van der Waals surface area contributed by atoms with Crippen molar-refractivity contribution < 1.29 is 0 Å². The van der Waals surface area contributed by atoms with E-state index >= 15 is 0 Å². The third kappa shape index (κ3) is 2.76. The molecule has 0 bridgehead atoms. The molecule has 0 aliphatic heterocycles. The molecule has 88 valence electrons. The number of rotatable bonds is 4. The molecule has 2 aromatic rings. The molecule has 0 radical (unpaired) electrons. The van der Waals surface area contributed by atoms with Crippen LogP contribution in [0.15, 0.2) is 36.9 Å². The lowest BCUT2D eigenvalue weighted by Gasteiger charge is -2.15. The SMILES string of the molecule is CNC(Cc1cnccc1N)c1ncccn1. The minimum absolute atomic E-state index is 0.0442. The fourth-order valence-corrected chi connectivity index (χ4v) is 1.64. The zero-order valence-electron chi connectivity index (χ0n) is 9.67. The molecule has 5 heteroatoms. The molecule has 0 amide bonds. The predicted molar refractivity (Wildman–Crippen MR) is 66.2 cm³/mol. The Morgan fingerprint density at radius 2 is 2.06 bits per heavy atom. The Balaban J connectivity index is 2.19. The van der Waals surface area contributed by atoms with E-state index in [0.717, 1.165) is 23.5 Å². The van der Waals surface area contributed by atoms with Gasteiger partial charge in [0.1, 0.15) is 5.82 Å². The Morgan fingerprint density at radius 3 is 2.71 bits per heavy atom. The second-order valence-corrected chi connectivity index (χ2v) is 3.73. The van der Waals surface area contributed by atoms with Gasteiger partial charge in [0.05, 0.1) is 6.04 Å². The van der Waals surface area contributed by atoms with Crippen molar-refractivity contribution >= 4 is 5.69 Å². The van der Waals surface area contributed by atoms with E-state index in [1.54, 1.807) is 36.9 Å². The number of nitrogens with two attached hydrogens (primary N) is 1. The first-order valence-corrected chi connectivity index (χ1v) is 5.44. The maximum atomic E-state index is 5.89. The van der Waals surface area contributed by atoms with Crippen LogP contribution >= 0.6 is 0 Å². The van der Waals surface area contributed by atoms with Crippen molar-refractivity contribution in [3.05, 3.63) is 48.3 Å².